The third-order valence-corrected chi connectivity index (χ3v) is 3.54. The first kappa shape index (κ1) is 14.2. The number of nitrogens with zero attached hydrogens (tertiary/aromatic N) is 2. The summed E-state index contributed by atoms with van der Waals surface area (Å²) in [5, 5.41) is 20.9. The van der Waals surface area contributed by atoms with E-state index >= 15 is 0 Å². The molecule has 6 heteroatoms. The van der Waals surface area contributed by atoms with Gasteiger partial charge < -0.3 is 5.11 Å². The Morgan fingerprint density at radius 1 is 1.50 bits per heavy atom. The molecule has 1 aromatic heterocycles. The molecule has 0 radical (unpaired) electrons. The maximum absolute atomic E-state index is 11.3. The number of hydrogen-bond donors (Lipinski definition) is 2. The number of carbonyl (C=O) groups excluding carboxylic acids is 1. The second-order valence-corrected chi connectivity index (χ2v) is 5.40. The van der Waals surface area contributed by atoms with Gasteiger partial charge in [0.2, 0.25) is 0 Å². The maximum Gasteiger partial charge on any atom is 0.254 e. The standard InChI is InChI=1S/C14H13N3O2S/c1-9(18)13(19)17-14-16-8-12(20-14)6-10-2-4-11(7-15)5-3-10/h2-5,8-9,18H,6H2,1H3,(H,16,17,19). The van der Waals surface area contributed by atoms with Crippen molar-refractivity contribution in [1.29, 1.82) is 5.26 Å². The molecule has 2 N–H and O–H groups in total. The fraction of sp³-hybridized carbons (Fsp3) is 0.214. The summed E-state index contributed by atoms with van der Waals surface area (Å²) in [6.45, 7) is 1.40. The number of amides is 1. The van der Waals surface area contributed by atoms with Crippen molar-refractivity contribution in [2.45, 2.75) is 19.4 Å². The van der Waals surface area contributed by atoms with E-state index in [1.807, 2.05) is 12.1 Å². The summed E-state index contributed by atoms with van der Waals surface area (Å²) < 4.78 is 0. The second kappa shape index (κ2) is 6.28. The van der Waals surface area contributed by atoms with E-state index in [9.17, 15) is 4.79 Å². The summed E-state index contributed by atoms with van der Waals surface area (Å²) in [5.74, 6) is -0.468. The predicted molar refractivity (Wildman–Crippen MR) is 76.4 cm³/mol. The molecule has 20 heavy (non-hydrogen) atoms. The second-order valence-electron chi connectivity index (χ2n) is 4.28. The fourth-order valence-corrected chi connectivity index (χ4v) is 2.40. The van der Waals surface area contributed by atoms with Crippen LogP contribution in [0.2, 0.25) is 0 Å². The molecule has 0 aliphatic rings. The highest BCUT2D eigenvalue weighted by atomic mass is 32.1. The van der Waals surface area contributed by atoms with Crippen LogP contribution in [0.25, 0.3) is 0 Å². The number of anilines is 1. The summed E-state index contributed by atoms with van der Waals surface area (Å²) in [6.07, 6.45) is 1.33. The summed E-state index contributed by atoms with van der Waals surface area (Å²) in [6, 6.07) is 9.40. The molecule has 2 rings (SSSR count). The third kappa shape index (κ3) is 3.63. The first-order valence-corrected chi connectivity index (χ1v) is 6.83. The van der Waals surface area contributed by atoms with Crippen LogP contribution in [0.1, 0.15) is 22.9 Å². The van der Waals surface area contributed by atoms with Crippen LogP contribution in [0.3, 0.4) is 0 Å². The van der Waals surface area contributed by atoms with Gasteiger partial charge in [-0.3, -0.25) is 10.1 Å². The normalized spacial score (nSPS) is 11.7. The van der Waals surface area contributed by atoms with E-state index in [1.54, 1.807) is 18.3 Å². The summed E-state index contributed by atoms with van der Waals surface area (Å²) in [5.41, 5.74) is 1.70. The number of rotatable bonds is 4. The van der Waals surface area contributed by atoms with E-state index in [0.29, 0.717) is 17.1 Å². The first-order valence-electron chi connectivity index (χ1n) is 6.01. The van der Waals surface area contributed by atoms with Gasteiger partial charge in [0, 0.05) is 17.5 Å². The minimum absolute atomic E-state index is 0.468. The van der Waals surface area contributed by atoms with E-state index in [4.69, 9.17) is 10.4 Å². The Bertz CT molecular complexity index is 641. The average molecular weight is 287 g/mol. The molecule has 2 aromatic rings. The van der Waals surface area contributed by atoms with Gasteiger partial charge in [-0.05, 0) is 24.6 Å². The highest BCUT2D eigenvalue weighted by Gasteiger charge is 2.11. The molecule has 1 amide bonds. The van der Waals surface area contributed by atoms with Gasteiger partial charge in [-0.2, -0.15) is 5.26 Å². The summed E-state index contributed by atoms with van der Waals surface area (Å²) in [4.78, 5) is 16.4. The number of hydrogen-bond acceptors (Lipinski definition) is 5. The quantitative estimate of drug-likeness (QED) is 0.899. The highest BCUT2D eigenvalue weighted by molar-refractivity contribution is 7.15. The zero-order valence-electron chi connectivity index (χ0n) is 10.8. The van der Waals surface area contributed by atoms with Crippen molar-refractivity contribution in [1.82, 2.24) is 4.98 Å². The van der Waals surface area contributed by atoms with E-state index in [1.165, 1.54) is 18.3 Å². The first-order chi connectivity index (χ1) is 9.58. The molecule has 0 spiro atoms. The number of thiazole rings is 1. The fourth-order valence-electron chi connectivity index (χ4n) is 1.56. The number of benzene rings is 1. The largest absolute Gasteiger partial charge is 0.384 e. The van der Waals surface area contributed by atoms with Crippen molar-refractivity contribution in [3.05, 3.63) is 46.5 Å². The lowest BCUT2D eigenvalue weighted by Crippen LogP contribution is -2.24. The SMILES string of the molecule is CC(O)C(=O)Nc1ncc(Cc2ccc(C#N)cc2)s1. The van der Waals surface area contributed by atoms with Crippen LogP contribution in [0.5, 0.6) is 0 Å². The zero-order valence-corrected chi connectivity index (χ0v) is 11.6. The van der Waals surface area contributed by atoms with Gasteiger partial charge in [0.1, 0.15) is 6.10 Å². The molecule has 0 aliphatic heterocycles. The van der Waals surface area contributed by atoms with Gasteiger partial charge in [0.25, 0.3) is 5.91 Å². The third-order valence-electron chi connectivity index (χ3n) is 2.62. The van der Waals surface area contributed by atoms with Gasteiger partial charge >= 0.3 is 0 Å². The minimum Gasteiger partial charge on any atom is -0.384 e. The number of aliphatic hydroxyl groups excluding tert-OH is 1. The molecule has 0 saturated carbocycles. The lowest BCUT2D eigenvalue weighted by Gasteiger charge is -2.02. The van der Waals surface area contributed by atoms with Crippen LogP contribution in [-0.4, -0.2) is 22.1 Å². The van der Waals surface area contributed by atoms with Crippen LogP contribution in [0.15, 0.2) is 30.5 Å². The Kier molecular flexibility index (Phi) is 4.45. The van der Waals surface area contributed by atoms with Gasteiger partial charge in [0.05, 0.1) is 11.6 Å². The number of carbonyl (C=O) groups is 1. The van der Waals surface area contributed by atoms with Crippen LogP contribution in [-0.2, 0) is 11.2 Å². The highest BCUT2D eigenvalue weighted by Crippen LogP contribution is 2.21. The van der Waals surface area contributed by atoms with Gasteiger partial charge in [-0.15, -0.1) is 11.3 Å². The van der Waals surface area contributed by atoms with Crippen LogP contribution < -0.4 is 5.32 Å². The van der Waals surface area contributed by atoms with Crippen LogP contribution in [0.4, 0.5) is 5.13 Å². The van der Waals surface area contributed by atoms with Crippen molar-refractivity contribution in [3.63, 3.8) is 0 Å². The zero-order chi connectivity index (χ0) is 14.5. The van der Waals surface area contributed by atoms with Crippen molar-refractivity contribution < 1.29 is 9.90 Å². The Morgan fingerprint density at radius 2 is 2.20 bits per heavy atom. The van der Waals surface area contributed by atoms with Crippen LogP contribution >= 0.6 is 11.3 Å². The Morgan fingerprint density at radius 3 is 2.80 bits per heavy atom. The molecule has 1 aromatic carbocycles. The Hall–Kier alpha value is -2.23. The van der Waals surface area contributed by atoms with E-state index in [-0.39, 0.29) is 0 Å². The van der Waals surface area contributed by atoms with Crippen molar-refractivity contribution in [2.24, 2.45) is 0 Å². The molecule has 0 aliphatic carbocycles. The molecular formula is C14H13N3O2S. The lowest BCUT2D eigenvalue weighted by molar-refractivity contribution is -0.123. The van der Waals surface area contributed by atoms with Crippen molar-refractivity contribution >= 4 is 22.4 Å². The molecule has 102 valence electrons. The van der Waals surface area contributed by atoms with Gasteiger partial charge in [-0.1, -0.05) is 12.1 Å². The molecule has 0 saturated heterocycles. The average Bonchev–Trinajstić information content (AvgIpc) is 2.86. The predicted octanol–water partition coefficient (Wildman–Crippen LogP) is 1.92. The van der Waals surface area contributed by atoms with Gasteiger partial charge in [-0.25, -0.2) is 4.98 Å². The van der Waals surface area contributed by atoms with Crippen molar-refractivity contribution in [3.8, 4) is 6.07 Å². The molecule has 0 bridgehead atoms. The molecule has 5 nitrogen and oxygen atoms in total. The number of nitriles is 1. The van der Waals surface area contributed by atoms with E-state index < -0.39 is 12.0 Å². The number of aliphatic hydroxyl groups is 1. The maximum atomic E-state index is 11.3. The minimum atomic E-state index is -1.05. The summed E-state index contributed by atoms with van der Waals surface area (Å²) in [7, 11) is 0. The van der Waals surface area contributed by atoms with Gasteiger partial charge in [0.15, 0.2) is 5.13 Å². The molecule has 1 unspecified atom stereocenters. The topological polar surface area (TPSA) is 86.0 Å². The Balaban J connectivity index is 2.02. The summed E-state index contributed by atoms with van der Waals surface area (Å²) >= 11 is 1.36. The molecule has 1 atom stereocenters. The van der Waals surface area contributed by atoms with Crippen LogP contribution in [0, 0.1) is 11.3 Å². The number of aromatic nitrogens is 1. The monoisotopic (exact) mass is 287 g/mol. The van der Waals surface area contributed by atoms with E-state index in [2.05, 4.69) is 16.4 Å². The van der Waals surface area contributed by atoms with Crippen molar-refractivity contribution in [2.75, 3.05) is 5.32 Å². The Labute approximate surface area is 120 Å². The molecular weight excluding hydrogens is 274 g/mol. The molecule has 1 heterocycles. The number of nitrogens with one attached hydrogen (secondary N) is 1. The lowest BCUT2D eigenvalue weighted by atomic mass is 10.1. The molecule has 0 fully saturated rings. The smallest absolute Gasteiger partial charge is 0.254 e. The van der Waals surface area contributed by atoms with E-state index in [0.717, 1.165) is 10.4 Å².